The minimum atomic E-state index is 0.0932. The molecule has 0 fully saturated rings. The van der Waals surface area contributed by atoms with E-state index in [1.807, 2.05) is 6.92 Å². The molecule has 2 unspecified atom stereocenters. The second-order valence-electron chi connectivity index (χ2n) is 5.64. The summed E-state index contributed by atoms with van der Waals surface area (Å²) in [5, 5.41) is 3.65. The lowest BCUT2D eigenvalue weighted by atomic mass is 9.87. The first kappa shape index (κ1) is 15.3. The lowest BCUT2D eigenvalue weighted by Crippen LogP contribution is -2.26. The zero-order valence-electron chi connectivity index (χ0n) is 12.9. The fraction of sp³-hybridized carbons (Fsp3) is 0.647. The molecular weight excluding hydrogens is 250 g/mol. The van der Waals surface area contributed by atoms with Crippen molar-refractivity contribution in [2.24, 2.45) is 0 Å². The SMILES string of the molecule is CCCNC1CCCc2cc(OC(C)COC)ccc21. The smallest absolute Gasteiger partial charge is 0.120 e. The Kier molecular flexibility index (Phi) is 5.86. The Morgan fingerprint density at radius 1 is 1.40 bits per heavy atom. The van der Waals surface area contributed by atoms with Gasteiger partial charge in [0.2, 0.25) is 0 Å². The van der Waals surface area contributed by atoms with E-state index in [4.69, 9.17) is 9.47 Å². The van der Waals surface area contributed by atoms with Gasteiger partial charge in [-0.3, -0.25) is 0 Å². The van der Waals surface area contributed by atoms with Gasteiger partial charge in [0.15, 0.2) is 0 Å². The van der Waals surface area contributed by atoms with Gasteiger partial charge in [-0.15, -0.1) is 0 Å². The summed E-state index contributed by atoms with van der Waals surface area (Å²) in [4.78, 5) is 0. The monoisotopic (exact) mass is 277 g/mol. The zero-order chi connectivity index (χ0) is 14.4. The van der Waals surface area contributed by atoms with Gasteiger partial charge in [0.25, 0.3) is 0 Å². The van der Waals surface area contributed by atoms with Gasteiger partial charge >= 0.3 is 0 Å². The second-order valence-corrected chi connectivity index (χ2v) is 5.64. The molecule has 1 aromatic carbocycles. The molecule has 0 saturated heterocycles. The highest BCUT2D eigenvalue weighted by Gasteiger charge is 2.20. The van der Waals surface area contributed by atoms with Crippen LogP contribution in [0.1, 0.15) is 50.3 Å². The van der Waals surface area contributed by atoms with Crippen molar-refractivity contribution in [2.45, 2.75) is 51.7 Å². The zero-order valence-corrected chi connectivity index (χ0v) is 12.9. The van der Waals surface area contributed by atoms with Crippen molar-refractivity contribution >= 4 is 0 Å². The molecule has 3 nitrogen and oxygen atoms in total. The Hall–Kier alpha value is -1.06. The van der Waals surface area contributed by atoms with Crippen molar-refractivity contribution in [3.63, 3.8) is 0 Å². The number of nitrogens with one attached hydrogen (secondary N) is 1. The molecule has 3 heteroatoms. The quantitative estimate of drug-likeness (QED) is 0.827. The van der Waals surface area contributed by atoms with E-state index in [2.05, 4.69) is 30.4 Å². The van der Waals surface area contributed by atoms with Crippen molar-refractivity contribution in [1.82, 2.24) is 5.32 Å². The normalized spacial score (nSPS) is 19.4. The van der Waals surface area contributed by atoms with Gasteiger partial charge in [0, 0.05) is 13.2 Å². The number of benzene rings is 1. The van der Waals surface area contributed by atoms with Crippen molar-refractivity contribution in [3.8, 4) is 5.75 Å². The molecule has 0 aliphatic heterocycles. The Morgan fingerprint density at radius 2 is 2.25 bits per heavy atom. The predicted molar refractivity (Wildman–Crippen MR) is 82.4 cm³/mol. The summed E-state index contributed by atoms with van der Waals surface area (Å²) in [5.41, 5.74) is 2.89. The third-order valence-electron chi connectivity index (χ3n) is 3.81. The second kappa shape index (κ2) is 7.65. The molecule has 0 heterocycles. The van der Waals surface area contributed by atoms with E-state index >= 15 is 0 Å². The van der Waals surface area contributed by atoms with Crippen LogP contribution in [0.25, 0.3) is 0 Å². The predicted octanol–water partition coefficient (Wildman–Crippen LogP) is 3.48. The fourth-order valence-electron chi connectivity index (χ4n) is 2.90. The van der Waals surface area contributed by atoms with E-state index in [-0.39, 0.29) is 6.10 Å². The van der Waals surface area contributed by atoms with Crippen LogP contribution < -0.4 is 10.1 Å². The maximum atomic E-state index is 5.89. The van der Waals surface area contributed by atoms with Crippen molar-refractivity contribution < 1.29 is 9.47 Å². The van der Waals surface area contributed by atoms with Gasteiger partial charge in [0.05, 0.1) is 6.61 Å². The lowest BCUT2D eigenvalue weighted by molar-refractivity contribution is 0.0920. The minimum Gasteiger partial charge on any atom is -0.488 e. The molecule has 1 aliphatic carbocycles. The summed E-state index contributed by atoms with van der Waals surface area (Å²) < 4.78 is 11.0. The van der Waals surface area contributed by atoms with Crippen LogP contribution >= 0.6 is 0 Å². The molecule has 2 rings (SSSR count). The highest BCUT2D eigenvalue weighted by Crippen LogP contribution is 2.32. The number of aryl methyl sites for hydroxylation is 1. The molecule has 112 valence electrons. The summed E-state index contributed by atoms with van der Waals surface area (Å²) in [6, 6.07) is 7.05. The summed E-state index contributed by atoms with van der Waals surface area (Å²) in [5.74, 6) is 0.962. The number of methoxy groups -OCH3 is 1. The molecule has 0 aromatic heterocycles. The number of rotatable bonds is 7. The van der Waals surface area contributed by atoms with Gasteiger partial charge in [-0.1, -0.05) is 13.0 Å². The molecule has 1 aliphatic rings. The molecule has 0 spiro atoms. The van der Waals surface area contributed by atoms with Crippen molar-refractivity contribution in [1.29, 1.82) is 0 Å². The summed E-state index contributed by atoms with van der Waals surface area (Å²) in [6.45, 7) is 5.96. The molecule has 20 heavy (non-hydrogen) atoms. The van der Waals surface area contributed by atoms with Gasteiger partial charge in [0.1, 0.15) is 11.9 Å². The van der Waals surface area contributed by atoms with Crippen LogP contribution in [-0.4, -0.2) is 26.4 Å². The van der Waals surface area contributed by atoms with E-state index in [9.17, 15) is 0 Å². The van der Waals surface area contributed by atoms with Crippen LogP contribution in [0.2, 0.25) is 0 Å². The first-order valence-electron chi connectivity index (χ1n) is 7.76. The Morgan fingerprint density at radius 3 is 3.00 bits per heavy atom. The van der Waals surface area contributed by atoms with Gasteiger partial charge in [-0.2, -0.15) is 0 Å². The first-order chi connectivity index (χ1) is 9.74. The topological polar surface area (TPSA) is 30.5 Å². The fourth-order valence-corrected chi connectivity index (χ4v) is 2.90. The van der Waals surface area contributed by atoms with Crippen LogP contribution in [0.15, 0.2) is 18.2 Å². The standard InChI is InChI=1S/C17H27NO2/c1-4-10-18-17-7-5-6-14-11-15(8-9-16(14)17)20-13(2)12-19-3/h8-9,11,13,17-18H,4-7,10,12H2,1-3H3. The first-order valence-corrected chi connectivity index (χ1v) is 7.76. The van der Waals surface area contributed by atoms with E-state index < -0.39 is 0 Å². The summed E-state index contributed by atoms with van der Waals surface area (Å²) in [6.07, 6.45) is 4.94. The molecule has 1 N–H and O–H groups in total. The van der Waals surface area contributed by atoms with Crippen LogP contribution in [0.4, 0.5) is 0 Å². The van der Waals surface area contributed by atoms with Crippen LogP contribution in [0.3, 0.4) is 0 Å². The van der Waals surface area contributed by atoms with Crippen LogP contribution in [-0.2, 0) is 11.2 Å². The molecule has 0 radical (unpaired) electrons. The average molecular weight is 277 g/mol. The van der Waals surface area contributed by atoms with Gasteiger partial charge in [-0.25, -0.2) is 0 Å². The van der Waals surface area contributed by atoms with E-state index in [0.717, 1.165) is 18.7 Å². The largest absolute Gasteiger partial charge is 0.488 e. The molecule has 0 bridgehead atoms. The Balaban J connectivity index is 2.06. The third-order valence-corrected chi connectivity index (χ3v) is 3.81. The summed E-state index contributed by atoms with van der Waals surface area (Å²) in [7, 11) is 1.71. The van der Waals surface area contributed by atoms with E-state index in [0.29, 0.717) is 12.6 Å². The highest BCUT2D eigenvalue weighted by molar-refractivity contribution is 5.39. The van der Waals surface area contributed by atoms with Gasteiger partial charge < -0.3 is 14.8 Å². The Bertz CT molecular complexity index is 419. The highest BCUT2D eigenvalue weighted by atomic mass is 16.5. The lowest BCUT2D eigenvalue weighted by Gasteiger charge is -2.27. The molecule has 2 atom stereocenters. The van der Waals surface area contributed by atoms with Gasteiger partial charge in [-0.05, 0) is 62.4 Å². The van der Waals surface area contributed by atoms with Crippen LogP contribution in [0.5, 0.6) is 5.75 Å². The maximum absolute atomic E-state index is 5.89. The van der Waals surface area contributed by atoms with Crippen molar-refractivity contribution in [2.75, 3.05) is 20.3 Å². The minimum absolute atomic E-state index is 0.0932. The molecule has 0 amide bonds. The molecular formula is C17H27NO2. The number of hydrogen-bond donors (Lipinski definition) is 1. The van der Waals surface area contributed by atoms with E-state index in [1.165, 1.54) is 30.4 Å². The number of ether oxygens (including phenoxy) is 2. The molecule has 1 aromatic rings. The average Bonchev–Trinajstić information content (AvgIpc) is 2.45. The van der Waals surface area contributed by atoms with Crippen LogP contribution in [0, 0.1) is 0 Å². The number of hydrogen-bond acceptors (Lipinski definition) is 3. The third kappa shape index (κ3) is 3.97. The molecule has 0 saturated carbocycles. The van der Waals surface area contributed by atoms with Crippen molar-refractivity contribution in [3.05, 3.63) is 29.3 Å². The Labute approximate surface area is 122 Å². The number of fused-ring (bicyclic) bond motifs is 1. The summed E-state index contributed by atoms with van der Waals surface area (Å²) >= 11 is 0. The maximum Gasteiger partial charge on any atom is 0.120 e. The van der Waals surface area contributed by atoms with E-state index in [1.54, 1.807) is 7.11 Å².